The van der Waals surface area contributed by atoms with Crippen molar-refractivity contribution in [1.29, 1.82) is 0 Å². The van der Waals surface area contributed by atoms with Crippen molar-refractivity contribution < 1.29 is 14.6 Å². The van der Waals surface area contributed by atoms with Crippen molar-refractivity contribution in [3.05, 3.63) is 33.4 Å². The van der Waals surface area contributed by atoms with E-state index in [-0.39, 0.29) is 18.1 Å². The number of aromatic amines is 1. The van der Waals surface area contributed by atoms with Crippen molar-refractivity contribution in [3.63, 3.8) is 0 Å². The zero-order valence-electron chi connectivity index (χ0n) is 14.9. The quantitative estimate of drug-likeness (QED) is 0.660. The molecule has 2 heterocycles. The molecular formula is C19H22N2O4. The minimum absolute atomic E-state index is 0.221. The van der Waals surface area contributed by atoms with Crippen molar-refractivity contribution in [3.8, 4) is 11.8 Å². The van der Waals surface area contributed by atoms with E-state index in [2.05, 4.69) is 16.8 Å². The highest BCUT2D eigenvalue weighted by atomic mass is 16.5. The van der Waals surface area contributed by atoms with E-state index in [0.29, 0.717) is 22.0 Å². The molecule has 0 amide bonds. The number of H-pyrrole nitrogens is 1. The lowest BCUT2D eigenvalue weighted by atomic mass is 10.0. The lowest BCUT2D eigenvalue weighted by Gasteiger charge is -2.08. The van der Waals surface area contributed by atoms with Gasteiger partial charge in [-0.05, 0) is 39.5 Å². The number of rotatable bonds is 3. The number of aryl methyl sites for hydroxylation is 1. The average molecular weight is 342 g/mol. The van der Waals surface area contributed by atoms with Crippen LogP contribution in [-0.4, -0.2) is 32.8 Å². The fraction of sp³-hybridized carbons (Fsp3) is 0.474. The molecule has 132 valence electrons. The Morgan fingerprint density at radius 1 is 1.48 bits per heavy atom. The molecule has 1 fully saturated rings. The second-order valence-electron chi connectivity index (χ2n) is 6.93. The van der Waals surface area contributed by atoms with Gasteiger partial charge in [0.05, 0.1) is 17.7 Å². The van der Waals surface area contributed by atoms with E-state index in [9.17, 15) is 14.7 Å². The van der Waals surface area contributed by atoms with Crippen molar-refractivity contribution in [2.45, 2.75) is 45.1 Å². The van der Waals surface area contributed by atoms with Crippen LogP contribution in [0.15, 0.2) is 11.0 Å². The number of nitrogens with one attached hydrogen (secondary N) is 1. The lowest BCUT2D eigenvalue weighted by Crippen LogP contribution is -2.18. The van der Waals surface area contributed by atoms with Crippen LogP contribution in [0.2, 0.25) is 0 Å². The standard InChI is InChI=1S/C19H22N2O4/c1-5-25-18(23)14-13-12(8-9-19(2,3)24)10-21(4)17(22)16(13)20-15(14)11-6-7-11/h10-11,20,24H,5-7H2,1-4H3. The molecule has 0 radical (unpaired) electrons. The topological polar surface area (TPSA) is 84.3 Å². The summed E-state index contributed by atoms with van der Waals surface area (Å²) in [5, 5.41) is 10.4. The molecule has 1 saturated carbocycles. The second-order valence-corrected chi connectivity index (χ2v) is 6.93. The summed E-state index contributed by atoms with van der Waals surface area (Å²) < 4.78 is 6.65. The first-order valence-electron chi connectivity index (χ1n) is 8.40. The Hall–Kier alpha value is -2.52. The summed E-state index contributed by atoms with van der Waals surface area (Å²) in [5.41, 5.74) is 0.627. The molecule has 2 aromatic heterocycles. The fourth-order valence-corrected chi connectivity index (χ4v) is 2.85. The molecule has 2 N–H and O–H groups in total. The molecule has 1 aliphatic rings. The minimum Gasteiger partial charge on any atom is -0.462 e. The number of hydrogen-bond acceptors (Lipinski definition) is 4. The molecule has 0 aromatic carbocycles. The number of aromatic nitrogens is 2. The number of nitrogens with zero attached hydrogens (tertiary/aromatic N) is 1. The third kappa shape index (κ3) is 3.33. The van der Waals surface area contributed by atoms with E-state index in [0.717, 1.165) is 18.5 Å². The Morgan fingerprint density at radius 3 is 2.72 bits per heavy atom. The molecule has 0 aliphatic heterocycles. The number of ether oxygens (including phenoxy) is 1. The third-order valence-corrected chi connectivity index (χ3v) is 4.12. The fourth-order valence-electron chi connectivity index (χ4n) is 2.85. The van der Waals surface area contributed by atoms with Gasteiger partial charge >= 0.3 is 5.97 Å². The molecule has 0 saturated heterocycles. The van der Waals surface area contributed by atoms with Gasteiger partial charge in [-0.2, -0.15) is 0 Å². The molecule has 1 aliphatic carbocycles. The molecule has 0 spiro atoms. The van der Waals surface area contributed by atoms with Crippen LogP contribution in [0.1, 0.15) is 61.1 Å². The van der Waals surface area contributed by atoms with Gasteiger partial charge in [-0.3, -0.25) is 4.79 Å². The third-order valence-electron chi connectivity index (χ3n) is 4.12. The highest BCUT2D eigenvalue weighted by molar-refractivity contribution is 6.07. The zero-order valence-corrected chi connectivity index (χ0v) is 14.9. The largest absolute Gasteiger partial charge is 0.462 e. The van der Waals surface area contributed by atoms with Gasteiger partial charge in [0.1, 0.15) is 11.1 Å². The molecule has 6 nitrogen and oxygen atoms in total. The first kappa shape index (κ1) is 17.3. The summed E-state index contributed by atoms with van der Waals surface area (Å²) in [7, 11) is 1.64. The van der Waals surface area contributed by atoms with Gasteiger partial charge in [-0.1, -0.05) is 11.8 Å². The van der Waals surface area contributed by atoms with Gasteiger partial charge in [0.25, 0.3) is 5.56 Å². The lowest BCUT2D eigenvalue weighted by molar-refractivity contribution is 0.0527. The molecular weight excluding hydrogens is 320 g/mol. The number of carbonyl (C=O) groups is 1. The number of esters is 1. The van der Waals surface area contributed by atoms with Gasteiger partial charge in [-0.25, -0.2) is 4.79 Å². The average Bonchev–Trinajstić information content (AvgIpc) is 3.28. The van der Waals surface area contributed by atoms with Gasteiger partial charge in [0.15, 0.2) is 0 Å². The molecule has 6 heteroatoms. The van der Waals surface area contributed by atoms with Crippen molar-refractivity contribution in [2.75, 3.05) is 6.61 Å². The van der Waals surface area contributed by atoms with Crippen LogP contribution in [0.3, 0.4) is 0 Å². The van der Waals surface area contributed by atoms with Crippen LogP contribution in [-0.2, 0) is 11.8 Å². The summed E-state index contributed by atoms with van der Waals surface area (Å²) in [4.78, 5) is 28.3. The number of fused-ring (bicyclic) bond motifs is 1. The summed E-state index contributed by atoms with van der Waals surface area (Å²) in [6.07, 6.45) is 3.55. The summed E-state index contributed by atoms with van der Waals surface area (Å²) in [6.45, 7) is 5.17. The van der Waals surface area contributed by atoms with Crippen LogP contribution in [0, 0.1) is 11.8 Å². The highest BCUT2D eigenvalue weighted by Crippen LogP contribution is 2.43. The Kier molecular flexibility index (Phi) is 4.21. The molecule has 0 unspecified atom stereocenters. The molecule has 0 atom stereocenters. The summed E-state index contributed by atoms with van der Waals surface area (Å²) >= 11 is 0. The van der Waals surface area contributed by atoms with E-state index in [1.54, 1.807) is 34.0 Å². The Bertz CT molecular complexity index is 960. The number of aliphatic hydroxyl groups is 1. The van der Waals surface area contributed by atoms with Gasteiger partial charge in [0.2, 0.25) is 0 Å². The van der Waals surface area contributed by atoms with E-state index < -0.39 is 11.6 Å². The van der Waals surface area contributed by atoms with E-state index in [1.165, 1.54) is 4.57 Å². The minimum atomic E-state index is -1.18. The first-order valence-corrected chi connectivity index (χ1v) is 8.40. The van der Waals surface area contributed by atoms with Crippen molar-refractivity contribution in [2.24, 2.45) is 7.05 Å². The number of pyridine rings is 1. The Balaban J connectivity index is 2.35. The monoisotopic (exact) mass is 342 g/mol. The number of hydrogen-bond donors (Lipinski definition) is 2. The zero-order chi connectivity index (χ0) is 18.4. The van der Waals surface area contributed by atoms with Gasteiger partial charge < -0.3 is 19.4 Å². The summed E-state index contributed by atoms with van der Waals surface area (Å²) in [6, 6.07) is 0. The maximum Gasteiger partial charge on any atom is 0.340 e. The van der Waals surface area contributed by atoms with Crippen molar-refractivity contribution >= 4 is 16.9 Å². The predicted molar refractivity (Wildman–Crippen MR) is 94.6 cm³/mol. The number of carbonyl (C=O) groups excluding carboxylic acids is 1. The SMILES string of the molecule is CCOC(=O)c1c(C2CC2)[nH]c2c(=O)n(C)cc(C#CC(C)(C)O)c12. The van der Waals surface area contributed by atoms with Gasteiger partial charge in [0, 0.05) is 24.3 Å². The summed E-state index contributed by atoms with van der Waals surface area (Å²) in [5.74, 6) is 5.46. The molecule has 2 aromatic rings. The van der Waals surface area contributed by atoms with E-state index >= 15 is 0 Å². The molecule has 25 heavy (non-hydrogen) atoms. The molecule has 0 bridgehead atoms. The van der Waals surface area contributed by atoms with Crippen LogP contribution in [0.5, 0.6) is 0 Å². The maximum absolute atomic E-state index is 12.6. The van der Waals surface area contributed by atoms with Crippen LogP contribution in [0.25, 0.3) is 10.9 Å². The highest BCUT2D eigenvalue weighted by Gasteiger charge is 2.33. The van der Waals surface area contributed by atoms with Crippen LogP contribution < -0.4 is 5.56 Å². The second kappa shape index (κ2) is 6.08. The first-order chi connectivity index (χ1) is 11.7. The van der Waals surface area contributed by atoms with Crippen molar-refractivity contribution in [1.82, 2.24) is 9.55 Å². The van der Waals surface area contributed by atoms with Crippen LogP contribution in [0.4, 0.5) is 0 Å². The van der Waals surface area contributed by atoms with E-state index in [4.69, 9.17) is 4.74 Å². The normalized spacial score (nSPS) is 14.3. The maximum atomic E-state index is 12.6. The molecule has 3 rings (SSSR count). The Morgan fingerprint density at radius 2 is 2.16 bits per heavy atom. The van der Waals surface area contributed by atoms with E-state index in [1.807, 2.05) is 0 Å². The Labute approximate surface area is 145 Å². The smallest absolute Gasteiger partial charge is 0.340 e. The van der Waals surface area contributed by atoms with Gasteiger partial charge in [-0.15, -0.1) is 0 Å². The predicted octanol–water partition coefficient (Wildman–Crippen LogP) is 2.04. The van der Waals surface area contributed by atoms with Crippen LogP contribution >= 0.6 is 0 Å².